The minimum absolute atomic E-state index is 0.0106. The molecule has 1 fully saturated rings. The molecule has 1 aliphatic rings. The number of hydrogen-bond donors (Lipinski definition) is 4. The highest BCUT2D eigenvalue weighted by molar-refractivity contribution is 6.38. The highest BCUT2D eigenvalue weighted by atomic mass is 16.6. The van der Waals surface area contributed by atoms with Crippen LogP contribution in [0.2, 0.25) is 0 Å². The number of fused-ring (bicyclic) bond motifs is 1. The van der Waals surface area contributed by atoms with Gasteiger partial charge in [-0.25, -0.2) is 4.79 Å². The standard InChI is InChI=1S/C41H52N4O8/c1-5-15-32(36(47)39(50)42-25-34(46)52-26-27-16-8-6-9-17-27)43-37(48)33(24-30-22-14-21-28-18-12-13-23-31(28)30)44-38(49)35(29-19-10-7-11-20-29)45-40(51)53-41(2,3)4/h6,8-9,12-14,16-18,21-23,29,32-33,35H,5,7,10-11,15,19-20,24-26H2,1-4H3,(H,42,50)(H,43,48)(H,44,49)(H,45,51)/t32?,33-,35-/m0/s1. The number of esters is 1. The molecule has 284 valence electrons. The zero-order valence-electron chi connectivity index (χ0n) is 31.1. The van der Waals surface area contributed by atoms with E-state index >= 15 is 0 Å². The van der Waals surface area contributed by atoms with Crippen LogP contribution < -0.4 is 21.3 Å². The lowest BCUT2D eigenvalue weighted by Crippen LogP contribution is -2.59. The molecule has 1 aliphatic carbocycles. The Kier molecular flexibility index (Phi) is 14.9. The van der Waals surface area contributed by atoms with E-state index in [1.807, 2.05) is 48.5 Å². The van der Waals surface area contributed by atoms with Crippen LogP contribution in [-0.2, 0) is 46.5 Å². The maximum atomic E-state index is 14.1. The average Bonchev–Trinajstić information content (AvgIpc) is 3.14. The number of amides is 4. The van der Waals surface area contributed by atoms with Crippen LogP contribution in [0.1, 0.15) is 83.8 Å². The summed E-state index contributed by atoms with van der Waals surface area (Å²) < 4.78 is 10.7. The average molecular weight is 729 g/mol. The number of hydrogen-bond acceptors (Lipinski definition) is 8. The van der Waals surface area contributed by atoms with Gasteiger partial charge in [-0.3, -0.25) is 24.0 Å². The van der Waals surface area contributed by atoms with Gasteiger partial charge in [0.05, 0.1) is 6.04 Å². The van der Waals surface area contributed by atoms with Gasteiger partial charge in [0.2, 0.25) is 17.6 Å². The molecule has 1 unspecified atom stereocenters. The van der Waals surface area contributed by atoms with Crippen molar-refractivity contribution in [2.45, 2.75) is 109 Å². The molecule has 0 aromatic heterocycles. The fraction of sp³-hybridized carbons (Fsp3) is 0.463. The van der Waals surface area contributed by atoms with Crippen molar-refractivity contribution in [2.75, 3.05) is 6.54 Å². The van der Waals surface area contributed by atoms with E-state index in [0.29, 0.717) is 6.42 Å². The maximum Gasteiger partial charge on any atom is 0.408 e. The molecular weight excluding hydrogens is 676 g/mol. The van der Waals surface area contributed by atoms with Crippen molar-refractivity contribution in [1.82, 2.24) is 21.3 Å². The van der Waals surface area contributed by atoms with Gasteiger partial charge in [-0.1, -0.05) is 105 Å². The molecule has 3 atom stereocenters. The number of benzene rings is 3. The van der Waals surface area contributed by atoms with Gasteiger partial charge in [0, 0.05) is 6.42 Å². The molecule has 3 aromatic rings. The van der Waals surface area contributed by atoms with Crippen molar-refractivity contribution in [1.29, 1.82) is 0 Å². The fourth-order valence-electron chi connectivity index (χ4n) is 6.48. The van der Waals surface area contributed by atoms with Crippen molar-refractivity contribution < 1.29 is 38.2 Å². The SMILES string of the molecule is CCCC(NC(=O)[C@H](Cc1cccc2ccccc12)NC(=O)[C@@H](NC(=O)OC(C)(C)C)C1CCCCC1)C(=O)C(=O)NCC(=O)OCc1ccccc1. The number of nitrogens with one attached hydrogen (secondary N) is 4. The molecule has 12 nitrogen and oxygen atoms in total. The Hall–Kier alpha value is -5.26. The molecular formula is C41H52N4O8. The topological polar surface area (TPSA) is 169 Å². The summed E-state index contributed by atoms with van der Waals surface area (Å²) in [7, 11) is 0. The lowest BCUT2D eigenvalue weighted by atomic mass is 9.83. The summed E-state index contributed by atoms with van der Waals surface area (Å²) in [4.78, 5) is 79.8. The van der Waals surface area contributed by atoms with Crippen molar-refractivity contribution >= 4 is 46.3 Å². The Morgan fingerprint density at radius 1 is 0.774 bits per heavy atom. The number of rotatable bonds is 16. The number of alkyl carbamates (subject to hydrolysis) is 1. The summed E-state index contributed by atoms with van der Waals surface area (Å²) >= 11 is 0. The van der Waals surface area contributed by atoms with Gasteiger partial charge < -0.3 is 30.7 Å². The lowest BCUT2D eigenvalue weighted by molar-refractivity contribution is -0.146. The molecule has 3 aromatic carbocycles. The van der Waals surface area contributed by atoms with E-state index in [9.17, 15) is 28.8 Å². The highest BCUT2D eigenvalue weighted by Crippen LogP contribution is 2.27. The quantitative estimate of drug-likeness (QED) is 0.117. The van der Waals surface area contributed by atoms with E-state index in [-0.39, 0.29) is 25.4 Å². The van der Waals surface area contributed by atoms with Crippen LogP contribution in [0.15, 0.2) is 72.8 Å². The predicted molar refractivity (Wildman–Crippen MR) is 200 cm³/mol. The number of carbonyl (C=O) groups excluding carboxylic acids is 6. The first kappa shape index (κ1) is 40.5. The second-order valence-electron chi connectivity index (χ2n) is 14.5. The van der Waals surface area contributed by atoms with Crippen LogP contribution in [0.5, 0.6) is 0 Å². The number of Topliss-reactive ketones (excluding diaryl/α,β-unsaturated/α-hetero) is 1. The summed E-state index contributed by atoms with van der Waals surface area (Å²) in [6.45, 7) is 6.49. The number of ether oxygens (including phenoxy) is 2. The Labute approximate surface area is 311 Å². The van der Waals surface area contributed by atoms with Gasteiger partial charge in [0.1, 0.15) is 30.8 Å². The third-order valence-electron chi connectivity index (χ3n) is 9.08. The monoisotopic (exact) mass is 728 g/mol. The Balaban J connectivity index is 1.52. The Morgan fingerprint density at radius 3 is 2.13 bits per heavy atom. The van der Waals surface area contributed by atoms with E-state index in [0.717, 1.165) is 54.0 Å². The fourth-order valence-corrected chi connectivity index (χ4v) is 6.48. The predicted octanol–water partition coefficient (Wildman–Crippen LogP) is 5.05. The van der Waals surface area contributed by atoms with Crippen LogP contribution >= 0.6 is 0 Å². The zero-order chi connectivity index (χ0) is 38.4. The van der Waals surface area contributed by atoms with Crippen molar-refractivity contribution in [3.63, 3.8) is 0 Å². The first-order chi connectivity index (χ1) is 25.3. The largest absolute Gasteiger partial charge is 0.460 e. The molecule has 4 N–H and O–H groups in total. The number of carbonyl (C=O) groups is 6. The molecule has 4 amide bonds. The van der Waals surface area contributed by atoms with Crippen molar-refractivity contribution in [3.8, 4) is 0 Å². The van der Waals surface area contributed by atoms with E-state index in [1.165, 1.54) is 0 Å². The van der Waals surface area contributed by atoms with Crippen molar-refractivity contribution in [2.24, 2.45) is 5.92 Å². The van der Waals surface area contributed by atoms with Crippen LogP contribution in [0.4, 0.5) is 4.79 Å². The second kappa shape index (κ2) is 19.5. The Morgan fingerprint density at radius 2 is 1.43 bits per heavy atom. The summed E-state index contributed by atoms with van der Waals surface area (Å²) in [6.07, 6.45) is 4.18. The molecule has 0 bridgehead atoms. The molecule has 0 spiro atoms. The summed E-state index contributed by atoms with van der Waals surface area (Å²) in [6, 6.07) is 19.0. The first-order valence-electron chi connectivity index (χ1n) is 18.4. The molecule has 1 saturated carbocycles. The minimum atomic E-state index is -1.23. The lowest BCUT2D eigenvalue weighted by Gasteiger charge is -2.32. The summed E-state index contributed by atoms with van der Waals surface area (Å²) in [5.41, 5.74) is 0.761. The van der Waals surface area contributed by atoms with Gasteiger partial charge in [0.25, 0.3) is 5.91 Å². The van der Waals surface area contributed by atoms with E-state index in [2.05, 4.69) is 21.3 Å². The molecule has 0 aliphatic heterocycles. The van der Waals surface area contributed by atoms with Gasteiger partial charge in [-0.05, 0) is 67.9 Å². The van der Waals surface area contributed by atoms with Crippen molar-refractivity contribution in [3.05, 3.63) is 83.9 Å². The first-order valence-corrected chi connectivity index (χ1v) is 18.4. The van der Waals surface area contributed by atoms with Gasteiger partial charge in [0.15, 0.2) is 0 Å². The maximum absolute atomic E-state index is 14.1. The zero-order valence-corrected chi connectivity index (χ0v) is 31.1. The van der Waals surface area contributed by atoms with E-state index in [1.54, 1.807) is 52.0 Å². The molecule has 0 saturated heterocycles. The van der Waals surface area contributed by atoms with E-state index in [4.69, 9.17) is 9.47 Å². The Bertz CT molecular complexity index is 1730. The van der Waals surface area contributed by atoms with Crippen LogP contribution in [0, 0.1) is 5.92 Å². The van der Waals surface area contributed by atoms with E-state index < -0.39 is 65.8 Å². The third kappa shape index (κ3) is 12.7. The summed E-state index contributed by atoms with van der Waals surface area (Å²) in [5.74, 6) is -4.10. The smallest absolute Gasteiger partial charge is 0.408 e. The summed E-state index contributed by atoms with van der Waals surface area (Å²) in [5, 5.41) is 12.5. The molecule has 0 heterocycles. The molecule has 0 radical (unpaired) electrons. The van der Waals surface area contributed by atoms with Crippen LogP contribution in [0.3, 0.4) is 0 Å². The third-order valence-corrected chi connectivity index (χ3v) is 9.08. The van der Waals surface area contributed by atoms with Crippen LogP contribution in [0.25, 0.3) is 10.8 Å². The number of ketones is 1. The molecule has 12 heteroatoms. The second-order valence-corrected chi connectivity index (χ2v) is 14.5. The van der Waals surface area contributed by atoms with Crippen LogP contribution in [-0.4, -0.2) is 65.8 Å². The van der Waals surface area contributed by atoms with Gasteiger partial charge in [-0.15, -0.1) is 0 Å². The molecule has 4 rings (SSSR count). The molecule has 53 heavy (non-hydrogen) atoms. The normalized spacial score (nSPS) is 14.9. The van der Waals surface area contributed by atoms with Gasteiger partial charge >= 0.3 is 12.1 Å². The highest BCUT2D eigenvalue weighted by Gasteiger charge is 2.36. The minimum Gasteiger partial charge on any atom is -0.460 e. The van der Waals surface area contributed by atoms with Gasteiger partial charge in [-0.2, -0.15) is 0 Å².